The Morgan fingerprint density at radius 2 is 1.69 bits per heavy atom. The van der Waals surface area contributed by atoms with Crippen LogP contribution in [0.25, 0.3) is 17.2 Å². The third-order valence-corrected chi connectivity index (χ3v) is 11.8. The number of primary amides is 1. The summed E-state index contributed by atoms with van der Waals surface area (Å²) in [6.07, 6.45) is -4.58. The van der Waals surface area contributed by atoms with Gasteiger partial charge in [-0.15, -0.1) is 0 Å². The molecule has 320 valence electrons. The molecule has 6 rings (SSSR count). The number of nitrogen functional groups attached to an aromatic ring is 1. The highest BCUT2D eigenvalue weighted by molar-refractivity contribution is 7.61. The van der Waals surface area contributed by atoms with E-state index in [1.807, 2.05) is 0 Å². The van der Waals surface area contributed by atoms with Gasteiger partial charge in [0.2, 0.25) is 5.91 Å². The molecule has 0 aliphatic carbocycles. The van der Waals surface area contributed by atoms with Crippen LogP contribution in [0.15, 0.2) is 73.1 Å². The van der Waals surface area contributed by atoms with Crippen molar-refractivity contribution < 1.29 is 90.3 Å². The van der Waals surface area contributed by atoms with Crippen LogP contribution in [0, 0.1) is 0 Å². The zero-order valence-electron chi connectivity index (χ0n) is 29.9. The number of esters is 1. The lowest BCUT2D eigenvalue weighted by Gasteiger charge is -2.31. The summed E-state index contributed by atoms with van der Waals surface area (Å²) in [6.45, 7) is -2.61. The summed E-state index contributed by atoms with van der Waals surface area (Å²) in [5.41, 5.74) is 11.6. The predicted octanol–water partition coefficient (Wildman–Crippen LogP) is -0.985. The maximum atomic E-state index is 13.2. The molecule has 10 atom stereocenters. The van der Waals surface area contributed by atoms with Crippen molar-refractivity contribution in [1.29, 1.82) is 0 Å². The van der Waals surface area contributed by atoms with E-state index in [9.17, 15) is 58.2 Å². The summed E-state index contributed by atoms with van der Waals surface area (Å²) in [4.78, 5) is 78.3. The van der Waals surface area contributed by atoms with Crippen molar-refractivity contribution in [3.8, 4) is 0 Å². The summed E-state index contributed by atoms with van der Waals surface area (Å²) in [6, 6.07) is 8.17. The second kappa shape index (κ2) is 17.4. The molecule has 0 bridgehead atoms. The van der Waals surface area contributed by atoms with Gasteiger partial charge < -0.3 is 65.5 Å². The average Bonchev–Trinajstić information content (AvgIpc) is 3.81. The number of anilines is 1. The first-order valence-electron chi connectivity index (χ1n) is 16.8. The molecule has 2 unspecified atom stereocenters. The molecule has 0 spiro atoms. The monoisotopic (exact) mass is 891 g/mol. The molecule has 29 heteroatoms. The Labute approximate surface area is 331 Å². The molecule has 3 aliphatic heterocycles. The van der Waals surface area contributed by atoms with Crippen LogP contribution in [-0.4, -0.2) is 127 Å². The van der Waals surface area contributed by atoms with E-state index in [4.69, 9.17) is 39.2 Å². The average molecular weight is 892 g/mol. The van der Waals surface area contributed by atoms with Crippen LogP contribution < -0.4 is 11.5 Å². The molecule has 59 heavy (non-hydrogen) atoms. The predicted molar refractivity (Wildman–Crippen MR) is 193 cm³/mol. The van der Waals surface area contributed by atoms with E-state index in [0.29, 0.717) is 5.56 Å². The number of allylic oxidation sites excluding steroid dienone is 1. The van der Waals surface area contributed by atoms with Gasteiger partial charge in [0.15, 0.2) is 30.0 Å². The number of aliphatic hydroxyl groups excluding tert-OH is 3. The number of fused-ring (bicyclic) bond motifs is 1. The highest BCUT2D eigenvalue weighted by Gasteiger charge is 2.62. The number of benzene rings is 1. The van der Waals surface area contributed by atoms with Gasteiger partial charge in [0.05, 0.1) is 12.9 Å². The minimum Gasteiger partial charge on any atom is -0.424 e. The number of phosphoric acid groups is 3. The van der Waals surface area contributed by atoms with Crippen LogP contribution >= 0.6 is 23.5 Å². The lowest BCUT2D eigenvalue weighted by molar-refractivity contribution is -0.264. The van der Waals surface area contributed by atoms with Gasteiger partial charge in [-0.2, -0.15) is 4.31 Å². The fourth-order valence-electron chi connectivity index (χ4n) is 5.98. The first-order chi connectivity index (χ1) is 27.7. The molecule has 3 aliphatic rings. The summed E-state index contributed by atoms with van der Waals surface area (Å²) in [5.74, 6) is -5.28. The SMILES string of the molecule is NC(=O)C1=CN([C@@H]2O[C@H](COP(=O)(O)OP(=O)(O)OC[C@]3(OC(=O)/C=C/c4ccccc4)O[C@@H](n4cnc5c(N)ncnc54)[C@H](OP(=O)(O)O)[C@H]3O)[C@@H](O)[C@H]2O)C=CC1. The number of carbonyl (C=O) groups excluding carboxylic acids is 2. The van der Waals surface area contributed by atoms with Gasteiger partial charge in [-0.05, 0) is 18.1 Å². The maximum absolute atomic E-state index is 13.2. The van der Waals surface area contributed by atoms with Gasteiger partial charge in [0.25, 0.3) is 5.79 Å². The number of carbonyl (C=O) groups is 2. The maximum Gasteiger partial charge on any atom is 0.481 e. The molecule has 3 aromatic rings. The highest BCUT2D eigenvalue weighted by Crippen LogP contribution is 2.61. The smallest absolute Gasteiger partial charge is 0.424 e. The van der Waals surface area contributed by atoms with E-state index in [0.717, 1.165) is 23.3 Å². The third kappa shape index (κ3) is 10.4. The molecular weight excluding hydrogens is 855 g/mol. The molecule has 26 nitrogen and oxygen atoms in total. The lowest BCUT2D eigenvalue weighted by Crippen LogP contribution is -2.50. The van der Waals surface area contributed by atoms with Gasteiger partial charge in [-0.1, -0.05) is 36.4 Å². The highest BCUT2D eigenvalue weighted by atomic mass is 31.3. The normalized spacial score (nSPS) is 29.4. The van der Waals surface area contributed by atoms with Crippen LogP contribution in [0.2, 0.25) is 0 Å². The lowest BCUT2D eigenvalue weighted by atomic mass is 10.1. The number of aromatic nitrogens is 4. The van der Waals surface area contributed by atoms with Gasteiger partial charge >= 0.3 is 29.4 Å². The van der Waals surface area contributed by atoms with E-state index in [1.54, 1.807) is 30.3 Å². The van der Waals surface area contributed by atoms with Crippen molar-refractivity contribution in [1.82, 2.24) is 24.4 Å². The molecule has 1 aromatic carbocycles. The summed E-state index contributed by atoms with van der Waals surface area (Å²) >= 11 is 0. The number of nitrogens with zero attached hydrogens (tertiary/aromatic N) is 5. The Morgan fingerprint density at radius 1 is 0.983 bits per heavy atom. The van der Waals surface area contributed by atoms with Crippen molar-refractivity contribution in [2.75, 3.05) is 18.9 Å². The molecule has 5 heterocycles. The first kappa shape index (κ1) is 44.3. The van der Waals surface area contributed by atoms with E-state index in [-0.39, 0.29) is 29.0 Å². The summed E-state index contributed by atoms with van der Waals surface area (Å²) in [7, 11) is -17.1. The quantitative estimate of drug-likeness (QED) is 0.0474. The Balaban J connectivity index is 1.21. The number of amides is 1. The van der Waals surface area contributed by atoms with Gasteiger partial charge in [0, 0.05) is 24.0 Å². The summed E-state index contributed by atoms with van der Waals surface area (Å²) < 4.78 is 74.6. The Kier molecular flexibility index (Phi) is 13.0. The number of imidazole rings is 1. The van der Waals surface area contributed by atoms with Crippen LogP contribution in [0.5, 0.6) is 0 Å². The number of nitrogens with two attached hydrogens (primary N) is 2. The summed E-state index contributed by atoms with van der Waals surface area (Å²) in [5, 5.41) is 32.6. The van der Waals surface area contributed by atoms with Crippen molar-refractivity contribution in [2.24, 2.45) is 5.73 Å². The number of phosphoric ester groups is 3. The van der Waals surface area contributed by atoms with E-state index in [2.05, 4.69) is 19.3 Å². The molecular formula is C30H36N7O19P3. The Hall–Kier alpha value is -4.30. The number of hydrogen-bond acceptors (Lipinski definition) is 20. The zero-order chi connectivity index (χ0) is 42.9. The minimum atomic E-state index is -5.88. The molecule has 2 saturated heterocycles. The van der Waals surface area contributed by atoms with Crippen LogP contribution in [0.4, 0.5) is 5.82 Å². The molecule has 11 N–H and O–H groups in total. The fourth-order valence-corrected chi connectivity index (χ4v) is 8.62. The molecule has 0 radical (unpaired) electrons. The molecule has 0 saturated carbocycles. The largest absolute Gasteiger partial charge is 0.481 e. The second-order valence-electron chi connectivity index (χ2n) is 12.8. The first-order valence-corrected chi connectivity index (χ1v) is 21.3. The fraction of sp³-hybridized carbons (Fsp3) is 0.367. The number of hydrogen-bond donors (Lipinski definition) is 9. The molecule has 1 amide bonds. The molecule has 2 fully saturated rings. The van der Waals surface area contributed by atoms with Crippen LogP contribution in [-0.2, 0) is 55.4 Å². The van der Waals surface area contributed by atoms with Gasteiger partial charge in [0.1, 0.15) is 42.9 Å². The van der Waals surface area contributed by atoms with E-state index >= 15 is 0 Å². The van der Waals surface area contributed by atoms with E-state index in [1.165, 1.54) is 29.5 Å². The van der Waals surface area contributed by atoms with Crippen molar-refractivity contribution in [3.05, 3.63) is 78.7 Å². The van der Waals surface area contributed by atoms with E-state index < -0.39 is 97.3 Å². The third-order valence-electron chi connectivity index (χ3n) is 8.67. The van der Waals surface area contributed by atoms with Gasteiger partial charge in [-0.25, -0.2) is 33.4 Å². The van der Waals surface area contributed by atoms with Crippen LogP contribution in [0.3, 0.4) is 0 Å². The Morgan fingerprint density at radius 3 is 2.39 bits per heavy atom. The van der Waals surface area contributed by atoms with Crippen LogP contribution in [0.1, 0.15) is 18.2 Å². The number of ether oxygens (including phenoxy) is 3. The minimum absolute atomic E-state index is 0.0537. The van der Waals surface area contributed by atoms with Crippen molar-refractivity contribution in [2.45, 2.75) is 55.2 Å². The van der Waals surface area contributed by atoms with Crippen molar-refractivity contribution in [3.63, 3.8) is 0 Å². The van der Waals surface area contributed by atoms with Gasteiger partial charge in [-0.3, -0.25) is 22.9 Å². The van der Waals surface area contributed by atoms with Crippen molar-refractivity contribution >= 4 is 58.4 Å². The second-order valence-corrected chi connectivity index (χ2v) is 17.0. The zero-order valence-corrected chi connectivity index (χ0v) is 32.5. The molecule has 2 aromatic heterocycles. The number of rotatable bonds is 16. The topological polar surface area (TPSA) is 390 Å². The standard InChI is InChI=1S/C30H36N7O19P3/c31-25-20-27(34-14-33-25)37(15-35-20)29-23(55-57(43,44)45)24(41)30(54-29,53-19(38)9-8-16-5-2-1-3-6-16)13-51-59(48,49)56-58(46,47)50-12-18-21(39)22(40)28(52-18)36-10-4-7-17(11-36)26(32)42/h1-6,8-11,14-15,18,21-24,28-29,39-41H,7,12-13H2,(H2,32,42)(H,46,47)(H,48,49)(H2,31,33,34)(H2,43,44,45)/b9-8+/t18-,21-,22-,23-,24-,28-,29-,30+/m1/s1. The Bertz CT molecular complexity index is 2290. The number of aliphatic hydroxyl groups is 3.